The summed E-state index contributed by atoms with van der Waals surface area (Å²) in [6.07, 6.45) is 10.0. The number of benzene rings is 2. The molecule has 0 aromatic heterocycles. The number of hydrogen-bond acceptors (Lipinski definition) is 7. The first-order chi connectivity index (χ1) is 22.9. The fourth-order valence-corrected chi connectivity index (χ4v) is 10.3. The fourth-order valence-electron chi connectivity index (χ4n) is 8.79. The molecule has 3 aliphatic heterocycles. The van der Waals surface area contributed by atoms with Gasteiger partial charge in [-0.2, -0.15) is 0 Å². The first-order valence-corrected chi connectivity index (χ1v) is 20.1. The Bertz CT molecular complexity index is 1570. The van der Waals surface area contributed by atoms with Crippen molar-refractivity contribution in [1.82, 2.24) is 9.62 Å². The van der Waals surface area contributed by atoms with Gasteiger partial charge in [0.25, 0.3) is 5.91 Å². The normalized spacial score (nSPS) is 32.0. The summed E-state index contributed by atoms with van der Waals surface area (Å²) in [5, 5.41) is 12.6. The van der Waals surface area contributed by atoms with Crippen molar-refractivity contribution in [2.75, 3.05) is 38.1 Å². The Labute approximate surface area is 292 Å². The van der Waals surface area contributed by atoms with Crippen LogP contribution in [0.1, 0.15) is 99.5 Å². The number of rotatable bonds is 2. The molecule has 0 spiro atoms. The number of sulfonamides is 1. The number of carbonyl (C=O) groups excluding carboxylic acids is 1. The van der Waals surface area contributed by atoms with E-state index < -0.39 is 26.8 Å². The molecule has 8 nitrogen and oxygen atoms in total. The van der Waals surface area contributed by atoms with Gasteiger partial charge in [-0.1, -0.05) is 31.0 Å². The standard InChI is InChI=1S/C38H54ClN3O5S/c1-26-8-6-17-38(44,22-28-9-7-18-41(3)23-28)34-15-12-31(34)24-42-19-5-4-10-29-20-33(39)14-11-32(29)25-47-36-16-13-30(21-35(36)42)37(43)40-48(45,46)27(26)2/h11,13-14,16,20-21,26-28,31,34,44H,4-10,12,15,17-19,22-25H2,1-3H3,(H,40,43)/t26-,27+,28-,31-,34+,38-/m0/s1. The van der Waals surface area contributed by atoms with Gasteiger partial charge in [0.1, 0.15) is 12.4 Å². The highest BCUT2D eigenvalue weighted by molar-refractivity contribution is 7.90. The van der Waals surface area contributed by atoms with Crippen molar-refractivity contribution in [2.24, 2.45) is 23.7 Å². The molecule has 0 unspecified atom stereocenters. The second-order valence-corrected chi connectivity index (χ2v) is 17.8. The van der Waals surface area contributed by atoms with Crippen LogP contribution in [0, 0.1) is 23.7 Å². The van der Waals surface area contributed by atoms with Crippen molar-refractivity contribution in [3.63, 3.8) is 0 Å². The van der Waals surface area contributed by atoms with Crippen LogP contribution < -0.4 is 14.4 Å². The Morgan fingerprint density at radius 3 is 2.58 bits per heavy atom. The average Bonchev–Trinajstić information content (AvgIpc) is 3.05. The summed E-state index contributed by atoms with van der Waals surface area (Å²) in [5.41, 5.74) is 2.57. The van der Waals surface area contributed by atoms with Gasteiger partial charge < -0.3 is 19.6 Å². The lowest BCUT2D eigenvalue weighted by Gasteiger charge is -2.51. The maximum Gasteiger partial charge on any atom is 0.264 e. The van der Waals surface area contributed by atoms with E-state index in [0.717, 1.165) is 95.2 Å². The van der Waals surface area contributed by atoms with Crippen molar-refractivity contribution in [3.8, 4) is 5.75 Å². The van der Waals surface area contributed by atoms with E-state index in [1.165, 1.54) is 5.56 Å². The Hall–Kier alpha value is -2.33. The van der Waals surface area contributed by atoms with Gasteiger partial charge in [0.2, 0.25) is 10.0 Å². The van der Waals surface area contributed by atoms with E-state index in [4.69, 9.17) is 16.3 Å². The van der Waals surface area contributed by atoms with Gasteiger partial charge in [-0.15, -0.1) is 0 Å². The number of hydrogen-bond donors (Lipinski definition) is 2. The van der Waals surface area contributed by atoms with Crippen LogP contribution in [0.4, 0.5) is 5.69 Å². The highest BCUT2D eigenvalue weighted by atomic mass is 35.5. The number of nitrogens with zero attached hydrogens (tertiary/aromatic N) is 2. The van der Waals surface area contributed by atoms with Crippen LogP contribution in [-0.4, -0.2) is 68.4 Å². The number of carbonyl (C=O) groups is 1. The minimum absolute atomic E-state index is 0.167. The van der Waals surface area contributed by atoms with Gasteiger partial charge in [-0.3, -0.25) is 4.79 Å². The fraction of sp³-hybridized carbons (Fsp3) is 0.658. The topological polar surface area (TPSA) is 99.2 Å². The third-order valence-electron chi connectivity index (χ3n) is 12.0. The highest BCUT2D eigenvalue weighted by Gasteiger charge is 2.48. The first-order valence-electron chi connectivity index (χ1n) is 18.2. The van der Waals surface area contributed by atoms with Crippen LogP contribution in [0.25, 0.3) is 0 Å². The Balaban J connectivity index is 1.37. The van der Waals surface area contributed by atoms with Crippen LogP contribution in [0.15, 0.2) is 36.4 Å². The smallest absolute Gasteiger partial charge is 0.264 e. The molecule has 2 N–H and O–H groups in total. The number of amides is 1. The van der Waals surface area contributed by atoms with Gasteiger partial charge >= 0.3 is 0 Å². The maximum atomic E-state index is 13.5. The Morgan fingerprint density at radius 2 is 1.81 bits per heavy atom. The van der Waals surface area contributed by atoms with E-state index >= 15 is 0 Å². The van der Waals surface area contributed by atoms with E-state index in [1.807, 2.05) is 25.1 Å². The lowest BCUT2D eigenvalue weighted by atomic mass is 9.60. The lowest BCUT2D eigenvalue weighted by molar-refractivity contribution is -0.106. The summed E-state index contributed by atoms with van der Waals surface area (Å²) in [4.78, 5) is 18.2. The molecule has 0 radical (unpaired) electrons. The molecule has 2 bridgehead atoms. The van der Waals surface area contributed by atoms with Crippen molar-refractivity contribution in [1.29, 1.82) is 0 Å². The molecule has 1 saturated heterocycles. The van der Waals surface area contributed by atoms with Crippen molar-refractivity contribution in [2.45, 2.75) is 102 Å². The van der Waals surface area contributed by atoms with Gasteiger partial charge in [-0.25, -0.2) is 13.1 Å². The van der Waals surface area contributed by atoms with Gasteiger partial charge in [-0.05, 0) is 150 Å². The number of anilines is 1. The molecule has 264 valence electrons. The summed E-state index contributed by atoms with van der Waals surface area (Å²) < 4.78 is 35.8. The van der Waals surface area contributed by atoms with Crippen molar-refractivity contribution >= 4 is 33.2 Å². The molecule has 6 rings (SSSR count). The minimum Gasteiger partial charge on any atom is -0.487 e. The van der Waals surface area contributed by atoms with E-state index in [2.05, 4.69) is 21.6 Å². The molecular formula is C38H54ClN3O5S. The van der Waals surface area contributed by atoms with Crippen LogP contribution in [0.2, 0.25) is 5.02 Å². The maximum absolute atomic E-state index is 13.5. The number of nitrogens with one attached hydrogen (secondary N) is 1. The summed E-state index contributed by atoms with van der Waals surface area (Å²) in [7, 11) is -1.74. The highest BCUT2D eigenvalue weighted by Crippen LogP contribution is 2.49. The quantitative estimate of drug-likeness (QED) is 0.355. The molecule has 1 aliphatic carbocycles. The summed E-state index contributed by atoms with van der Waals surface area (Å²) >= 11 is 6.37. The monoisotopic (exact) mass is 699 g/mol. The molecule has 2 aromatic rings. The molecule has 48 heavy (non-hydrogen) atoms. The van der Waals surface area contributed by atoms with Gasteiger partial charge in [0, 0.05) is 30.2 Å². The zero-order valence-electron chi connectivity index (χ0n) is 28.9. The molecule has 1 saturated carbocycles. The molecule has 6 atom stereocenters. The summed E-state index contributed by atoms with van der Waals surface area (Å²) in [6.45, 7) is 7.63. The predicted octanol–water partition coefficient (Wildman–Crippen LogP) is 6.82. The van der Waals surface area contributed by atoms with Crippen molar-refractivity contribution in [3.05, 3.63) is 58.1 Å². The average molecular weight is 700 g/mol. The Morgan fingerprint density at radius 1 is 0.979 bits per heavy atom. The van der Waals surface area contributed by atoms with Gasteiger partial charge in [0.15, 0.2) is 0 Å². The number of aryl methyl sites for hydroxylation is 1. The van der Waals surface area contributed by atoms with Crippen LogP contribution in [0.3, 0.4) is 0 Å². The summed E-state index contributed by atoms with van der Waals surface area (Å²) in [6, 6.07) is 11.2. The molecule has 3 heterocycles. The Kier molecular flexibility index (Phi) is 11.0. The molecular weight excluding hydrogens is 646 g/mol. The molecule has 10 heteroatoms. The molecule has 2 aromatic carbocycles. The van der Waals surface area contributed by atoms with Crippen molar-refractivity contribution < 1.29 is 23.1 Å². The van der Waals surface area contributed by atoms with E-state index in [0.29, 0.717) is 47.6 Å². The lowest BCUT2D eigenvalue weighted by Crippen LogP contribution is -2.52. The second-order valence-electron chi connectivity index (χ2n) is 15.4. The predicted molar refractivity (Wildman–Crippen MR) is 192 cm³/mol. The molecule has 1 amide bonds. The number of aliphatic hydroxyl groups is 1. The third kappa shape index (κ3) is 8.00. The number of piperidine rings is 1. The molecule has 4 aliphatic rings. The van der Waals surface area contributed by atoms with Crippen LogP contribution in [0.5, 0.6) is 5.75 Å². The zero-order chi connectivity index (χ0) is 34.1. The number of likely N-dealkylation sites (tertiary alicyclic amines) is 1. The van der Waals surface area contributed by atoms with Gasteiger partial charge in [0.05, 0.1) is 16.5 Å². The van der Waals surface area contributed by atoms with E-state index in [9.17, 15) is 18.3 Å². The molecule has 2 fully saturated rings. The second kappa shape index (κ2) is 14.9. The number of halogens is 1. The SMILES string of the molecule is C[C@@H]1[C@@H](C)CCC[C@](O)(C[C@@H]2CCCN(C)C2)[C@@H]2CC[C@H]2CN2CCCCc3cc(Cl)ccc3COc3ccc(cc32)C(=O)NS1(=O)=O. The minimum atomic E-state index is -3.93. The van der Waals surface area contributed by atoms with E-state index in [-0.39, 0.29) is 11.8 Å². The van der Waals surface area contributed by atoms with Crippen LogP contribution >= 0.6 is 11.6 Å². The largest absolute Gasteiger partial charge is 0.487 e. The number of fused-ring (bicyclic) bond motifs is 3. The summed E-state index contributed by atoms with van der Waals surface area (Å²) in [5.74, 6) is 0.821. The number of ether oxygens (including phenoxy) is 1. The van der Waals surface area contributed by atoms with E-state index in [1.54, 1.807) is 25.1 Å². The third-order valence-corrected chi connectivity index (χ3v) is 14.1. The zero-order valence-corrected chi connectivity index (χ0v) is 30.5. The first kappa shape index (κ1) is 35.5. The van der Waals surface area contributed by atoms with Crippen LogP contribution in [-0.2, 0) is 23.1 Å².